The van der Waals surface area contributed by atoms with E-state index in [4.69, 9.17) is 14.2 Å². The van der Waals surface area contributed by atoms with E-state index in [1.807, 2.05) is 25.1 Å². The minimum Gasteiger partial charge on any atom is -0.497 e. The third-order valence-electron chi connectivity index (χ3n) is 6.92. The van der Waals surface area contributed by atoms with Gasteiger partial charge in [0, 0.05) is 26.2 Å². The standard InChI is InChI=1S/C29H33N3O6S/c1-21-3-12-26-27(17-21)38-28(20-32(26)39(34,35)25-10-8-24(36-2)9-11-25)29(33)30-18-22-4-6-23(7-5-22)19-31-13-15-37-16-14-31/h3-12,17,28H,13-16,18-20H2,1-2H3,(H,30,33)/t28-/m0/s1. The van der Waals surface area contributed by atoms with Crippen LogP contribution in [0.4, 0.5) is 5.69 Å². The number of aryl methyl sites for hydroxylation is 1. The van der Waals surface area contributed by atoms with Gasteiger partial charge in [0.15, 0.2) is 6.10 Å². The van der Waals surface area contributed by atoms with E-state index in [1.54, 1.807) is 24.3 Å². The van der Waals surface area contributed by atoms with Crippen molar-refractivity contribution in [1.29, 1.82) is 0 Å². The van der Waals surface area contributed by atoms with Gasteiger partial charge in [0.25, 0.3) is 15.9 Å². The summed E-state index contributed by atoms with van der Waals surface area (Å²) < 4.78 is 45.1. The zero-order valence-corrected chi connectivity index (χ0v) is 22.9. The van der Waals surface area contributed by atoms with Gasteiger partial charge in [0.05, 0.1) is 37.5 Å². The Morgan fingerprint density at radius 2 is 1.69 bits per heavy atom. The van der Waals surface area contributed by atoms with Crippen LogP contribution in [-0.2, 0) is 32.6 Å². The number of benzene rings is 3. The lowest BCUT2D eigenvalue weighted by Crippen LogP contribution is -2.50. The Labute approximate surface area is 229 Å². The van der Waals surface area contributed by atoms with Crippen LogP contribution in [0.25, 0.3) is 0 Å². The molecule has 3 aromatic rings. The zero-order valence-electron chi connectivity index (χ0n) is 22.1. The summed E-state index contributed by atoms with van der Waals surface area (Å²) >= 11 is 0. The highest BCUT2D eigenvalue weighted by molar-refractivity contribution is 7.92. The van der Waals surface area contributed by atoms with Crippen molar-refractivity contribution >= 4 is 21.6 Å². The van der Waals surface area contributed by atoms with Crippen molar-refractivity contribution in [2.75, 3.05) is 44.3 Å². The molecule has 206 valence electrons. The molecular weight excluding hydrogens is 518 g/mol. The highest BCUT2D eigenvalue weighted by atomic mass is 32.2. The summed E-state index contributed by atoms with van der Waals surface area (Å²) in [7, 11) is -2.44. The molecule has 0 aliphatic carbocycles. The summed E-state index contributed by atoms with van der Waals surface area (Å²) in [6, 6.07) is 19.6. The lowest BCUT2D eigenvalue weighted by molar-refractivity contribution is -0.127. The molecule has 2 aliphatic heterocycles. The van der Waals surface area contributed by atoms with E-state index in [9.17, 15) is 13.2 Å². The normalized spacial score (nSPS) is 17.7. The van der Waals surface area contributed by atoms with Crippen LogP contribution in [0.3, 0.4) is 0 Å². The maximum atomic E-state index is 13.6. The zero-order chi connectivity index (χ0) is 27.4. The molecule has 0 unspecified atom stereocenters. The number of nitrogens with zero attached hydrogens (tertiary/aromatic N) is 2. The Morgan fingerprint density at radius 3 is 2.38 bits per heavy atom. The minimum atomic E-state index is -3.96. The van der Waals surface area contributed by atoms with Crippen LogP contribution >= 0.6 is 0 Å². The van der Waals surface area contributed by atoms with E-state index < -0.39 is 16.1 Å². The van der Waals surface area contributed by atoms with E-state index in [0.29, 0.717) is 23.7 Å². The van der Waals surface area contributed by atoms with E-state index in [2.05, 4.69) is 22.3 Å². The van der Waals surface area contributed by atoms with Crippen LogP contribution in [0.1, 0.15) is 16.7 Å². The van der Waals surface area contributed by atoms with Crippen LogP contribution in [-0.4, -0.2) is 65.3 Å². The van der Waals surface area contributed by atoms with Gasteiger partial charge < -0.3 is 19.5 Å². The second kappa shape index (κ2) is 11.6. The van der Waals surface area contributed by atoms with Crippen LogP contribution in [0.5, 0.6) is 11.5 Å². The highest BCUT2D eigenvalue weighted by Crippen LogP contribution is 2.38. The summed E-state index contributed by atoms with van der Waals surface area (Å²) in [5.41, 5.74) is 3.45. The quantitative estimate of drug-likeness (QED) is 0.460. The van der Waals surface area contributed by atoms with Crippen LogP contribution < -0.4 is 19.1 Å². The molecule has 10 heteroatoms. The van der Waals surface area contributed by atoms with Crippen molar-refractivity contribution in [3.05, 3.63) is 83.4 Å². The van der Waals surface area contributed by atoms with Crippen molar-refractivity contribution < 1.29 is 27.4 Å². The Balaban J connectivity index is 1.28. The first-order valence-electron chi connectivity index (χ1n) is 12.9. The molecule has 1 saturated heterocycles. The summed E-state index contributed by atoms with van der Waals surface area (Å²) in [6.45, 7) is 6.28. The van der Waals surface area contributed by atoms with E-state index >= 15 is 0 Å². The molecule has 0 radical (unpaired) electrons. The number of fused-ring (bicyclic) bond motifs is 1. The third kappa shape index (κ3) is 6.19. The summed E-state index contributed by atoms with van der Waals surface area (Å²) in [5, 5.41) is 2.91. The van der Waals surface area contributed by atoms with Gasteiger partial charge in [-0.05, 0) is 60.0 Å². The molecule has 0 saturated carbocycles. The van der Waals surface area contributed by atoms with Crippen LogP contribution in [0.2, 0.25) is 0 Å². The fraction of sp³-hybridized carbons (Fsp3) is 0.345. The van der Waals surface area contributed by atoms with Gasteiger partial charge in [0.1, 0.15) is 11.5 Å². The topological polar surface area (TPSA) is 97.4 Å². The smallest absolute Gasteiger partial charge is 0.264 e. The molecule has 0 spiro atoms. The van der Waals surface area contributed by atoms with Crippen molar-refractivity contribution in [3.63, 3.8) is 0 Å². The molecule has 0 aromatic heterocycles. The first-order chi connectivity index (χ1) is 18.8. The van der Waals surface area contributed by atoms with Gasteiger partial charge in [-0.25, -0.2) is 8.42 Å². The number of anilines is 1. The fourth-order valence-corrected chi connectivity index (χ4v) is 6.16. The van der Waals surface area contributed by atoms with Gasteiger partial charge >= 0.3 is 0 Å². The molecule has 3 aromatic carbocycles. The number of methoxy groups -OCH3 is 1. The average Bonchev–Trinajstić information content (AvgIpc) is 2.96. The van der Waals surface area contributed by atoms with E-state index in [-0.39, 0.29) is 17.3 Å². The fourth-order valence-electron chi connectivity index (χ4n) is 4.68. The number of rotatable bonds is 8. The van der Waals surface area contributed by atoms with Crippen LogP contribution in [0, 0.1) is 6.92 Å². The monoisotopic (exact) mass is 551 g/mol. The number of hydrogen-bond donors (Lipinski definition) is 1. The number of carbonyl (C=O) groups excluding carboxylic acids is 1. The number of nitrogens with one attached hydrogen (secondary N) is 1. The first-order valence-corrected chi connectivity index (χ1v) is 14.4. The largest absolute Gasteiger partial charge is 0.497 e. The lowest BCUT2D eigenvalue weighted by atomic mass is 10.1. The predicted octanol–water partition coefficient (Wildman–Crippen LogP) is 3.11. The number of morpholine rings is 1. The molecule has 2 aliphatic rings. The number of hydrogen-bond acceptors (Lipinski definition) is 7. The highest BCUT2D eigenvalue weighted by Gasteiger charge is 2.37. The van der Waals surface area contributed by atoms with Gasteiger partial charge in [-0.2, -0.15) is 0 Å². The molecule has 0 bridgehead atoms. The minimum absolute atomic E-state index is 0.105. The molecule has 1 N–H and O–H groups in total. The number of sulfonamides is 1. The van der Waals surface area contributed by atoms with Gasteiger partial charge in [-0.3, -0.25) is 14.0 Å². The molecule has 5 rings (SSSR count). The Kier molecular flexibility index (Phi) is 8.06. The van der Waals surface area contributed by atoms with Gasteiger partial charge in [0.2, 0.25) is 0 Å². The Bertz CT molecular complexity index is 1400. The van der Waals surface area contributed by atoms with E-state index in [1.165, 1.54) is 29.1 Å². The molecule has 39 heavy (non-hydrogen) atoms. The number of ether oxygens (including phenoxy) is 3. The van der Waals surface area contributed by atoms with Gasteiger partial charge in [-0.1, -0.05) is 30.3 Å². The first kappa shape index (κ1) is 27.0. The average molecular weight is 552 g/mol. The predicted molar refractivity (Wildman–Crippen MR) is 148 cm³/mol. The van der Waals surface area contributed by atoms with Gasteiger partial charge in [-0.15, -0.1) is 0 Å². The maximum Gasteiger partial charge on any atom is 0.264 e. The second-order valence-corrected chi connectivity index (χ2v) is 11.6. The lowest BCUT2D eigenvalue weighted by Gasteiger charge is -2.35. The molecule has 1 amide bonds. The Hall–Kier alpha value is -3.60. The molecular formula is C29H33N3O6S. The van der Waals surface area contributed by atoms with Crippen molar-refractivity contribution in [1.82, 2.24) is 10.2 Å². The molecule has 9 nitrogen and oxygen atoms in total. The SMILES string of the molecule is COc1ccc(S(=O)(=O)N2C[C@@H](C(=O)NCc3ccc(CN4CCOCC4)cc3)Oc3cc(C)ccc32)cc1. The summed E-state index contributed by atoms with van der Waals surface area (Å²) in [6.07, 6.45) is -1.01. The summed E-state index contributed by atoms with van der Waals surface area (Å²) in [5.74, 6) is 0.527. The molecule has 1 atom stereocenters. The maximum absolute atomic E-state index is 13.6. The third-order valence-corrected chi connectivity index (χ3v) is 8.72. The van der Waals surface area contributed by atoms with Crippen molar-refractivity contribution in [2.24, 2.45) is 0 Å². The van der Waals surface area contributed by atoms with Crippen molar-refractivity contribution in [3.8, 4) is 11.5 Å². The number of carbonyl (C=O) groups is 1. The van der Waals surface area contributed by atoms with Crippen molar-refractivity contribution in [2.45, 2.75) is 31.0 Å². The Morgan fingerprint density at radius 1 is 1.00 bits per heavy atom. The van der Waals surface area contributed by atoms with E-state index in [0.717, 1.165) is 44.0 Å². The number of amides is 1. The molecule has 1 fully saturated rings. The van der Waals surface area contributed by atoms with Crippen LogP contribution in [0.15, 0.2) is 71.6 Å². The summed E-state index contributed by atoms with van der Waals surface area (Å²) in [4.78, 5) is 15.7. The second-order valence-electron chi connectivity index (χ2n) is 9.71. The molecule has 2 heterocycles.